The first-order chi connectivity index (χ1) is 7.52. The highest BCUT2D eigenvalue weighted by Crippen LogP contribution is 2.19. The van der Waals surface area contributed by atoms with Crippen LogP contribution in [0, 0.1) is 0 Å². The van der Waals surface area contributed by atoms with Crippen LogP contribution in [-0.2, 0) is 11.3 Å². The third-order valence-electron chi connectivity index (χ3n) is 2.13. The quantitative estimate of drug-likeness (QED) is 0.903. The van der Waals surface area contributed by atoms with E-state index in [0.717, 1.165) is 5.56 Å². The largest absolute Gasteiger partial charge is 0.341 e. The van der Waals surface area contributed by atoms with E-state index in [9.17, 15) is 4.79 Å². The number of hydrogen-bond donors (Lipinski definition) is 1. The van der Waals surface area contributed by atoms with E-state index < -0.39 is 0 Å². The standard InChI is InChI=1S/C11H14Cl2N2O/c1-15(11(16)2-3-14)7-8-4-9(12)6-10(13)5-8/h4-6H,2-3,7,14H2,1H3. The minimum Gasteiger partial charge on any atom is -0.341 e. The Hall–Kier alpha value is -0.770. The van der Waals surface area contributed by atoms with Crippen molar-refractivity contribution in [3.05, 3.63) is 33.8 Å². The van der Waals surface area contributed by atoms with Crippen molar-refractivity contribution in [1.82, 2.24) is 4.90 Å². The third-order valence-corrected chi connectivity index (χ3v) is 2.56. The summed E-state index contributed by atoms with van der Waals surface area (Å²) in [4.78, 5) is 13.1. The van der Waals surface area contributed by atoms with Crippen LogP contribution in [-0.4, -0.2) is 24.4 Å². The van der Waals surface area contributed by atoms with Crippen molar-refractivity contribution in [2.45, 2.75) is 13.0 Å². The molecule has 0 aromatic heterocycles. The first kappa shape index (κ1) is 13.3. The van der Waals surface area contributed by atoms with Gasteiger partial charge >= 0.3 is 0 Å². The average Bonchev–Trinajstić information content (AvgIpc) is 2.16. The molecular formula is C11H14Cl2N2O. The number of nitrogens with zero attached hydrogens (tertiary/aromatic N) is 1. The van der Waals surface area contributed by atoms with Gasteiger partial charge in [-0.3, -0.25) is 4.79 Å². The van der Waals surface area contributed by atoms with E-state index in [2.05, 4.69) is 0 Å². The lowest BCUT2D eigenvalue weighted by atomic mass is 10.2. The van der Waals surface area contributed by atoms with E-state index in [1.54, 1.807) is 30.1 Å². The zero-order valence-electron chi connectivity index (χ0n) is 9.04. The van der Waals surface area contributed by atoms with Crippen LogP contribution in [0.2, 0.25) is 10.0 Å². The van der Waals surface area contributed by atoms with Gasteiger partial charge in [-0.2, -0.15) is 0 Å². The number of rotatable bonds is 4. The van der Waals surface area contributed by atoms with E-state index in [1.165, 1.54) is 0 Å². The summed E-state index contributed by atoms with van der Waals surface area (Å²) < 4.78 is 0. The minimum atomic E-state index is 0.0126. The SMILES string of the molecule is CN(Cc1cc(Cl)cc(Cl)c1)C(=O)CCN. The number of amides is 1. The van der Waals surface area contributed by atoms with Crippen LogP contribution in [0.5, 0.6) is 0 Å². The number of nitrogens with two attached hydrogens (primary N) is 1. The van der Waals surface area contributed by atoms with Gasteiger partial charge in [0.25, 0.3) is 0 Å². The molecule has 0 saturated heterocycles. The Morgan fingerprint density at radius 2 is 1.88 bits per heavy atom. The molecular weight excluding hydrogens is 247 g/mol. The maximum absolute atomic E-state index is 11.5. The van der Waals surface area contributed by atoms with Crippen molar-refractivity contribution in [3.63, 3.8) is 0 Å². The van der Waals surface area contributed by atoms with Crippen molar-refractivity contribution in [2.75, 3.05) is 13.6 Å². The highest BCUT2D eigenvalue weighted by Gasteiger charge is 2.08. The van der Waals surface area contributed by atoms with Crippen molar-refractivity contribution < 1.29 is 4.79 Å². The maximum Gasteiger partial charge on any atom is 0.223 e. The summed E-state index contributed by atoms with van der Waals surface area (Å²) in [6, 6.07) is 5.24. The summed E-state index contributed by atoms with van der Waals surface area (Å²) in [5, 5.41) is 1.14. The van der Waals surface area contributed by atoms with Crippen LogP contribution in [0.15, 0.2) is 18.2 Å². The number of halogens is 2. The molecule has 0 saturated carbocycles. The second kappa shape index (κ2) is 6.09. The second-order valence-electron chi connectivity index (χ2n) is 3.57. The van der Waals surface area contributed by atoms with Gasteiger partial charge in [-0.1, -0.05) is 23.2 Å². The van der Waals surface area contributed by atoms with Gasteiger partial charge in [0.05, 0.1) is 0 Å². The molecule has 0 aliphatic carbocycles. The lowest BCUT2D eigenvalue weighted by Gasteiger charge is -2.17. The van der Waals surface area contributed by atoms with Crippen molar-refractivity contribution >= 4 is 29.1 Å². The van der Waals surface area contributed by atoms with E-state index in [0.29, 0.717) is 29.6 Å². The topological polar surface area (TPSA) is 46.3 Å². The number of hydrogen-bond acceptors (Lipinski definition) is 2. The Morgan fingerprint density at radius 3 is 2.38 bits per heavy atom. The lowest BCUT2D eigenvalue weighted by molar-refractivity contribution is -0.130. The summed E-state index contributed by atoms with van der Waals surface area (Å²) in [5.74, 6) is 0.0126. The lowest BCUT2D eigenvalue weighted by Crippen LogP contribution is -2.27. The van der Waals surface area contributed by atoms with Crippen molar-refractivity contribution in [1.29, 1.82) is 0 Å². The molecule has 0 spiro atoms. The third kappa shape index (κ3) is 4.00. The normalized spacial score (nSPS) is 10.2. The van der Waals surface area contributed by atoms with Crippen LogP contribution in [0.4, 0.5) is 0 Å². The molecule has 0 fully saturated rings. The molecule has 0 unspecified atom stereocenters. The number of benzene rings is 1. The molecule has 88 valence electrons. The van der Waals surface area contributed by atoms with Gasteiger partial charge in [0.15, 0.2) is 0 Å². The molecule has 2 N–H and O–H groups in total. The van der Waals surface area contributed by atoms with Crippen LogP contribution in [0.3, 0.4) is 0 Å². The monoisotopic (exact) mass is 260 g/mol. The molecule has 0 aliphatic rings. The molecule has 0 bridgehead atoms. The van der Waals surface area contributed by atoms with Crippen LogP contribution >= 0.6 is 23.2 Å². The Morgan fingerprint density at radius 1 is 1.31 bits per heavy atom. The van der Waals surface area contributed by atoms with Gasteiger partial charge in [0.2, 0.25) is 5.91 Å². The first-order valence-corrected chi connectivity index (χ1v) is 5.67. The minimum absolute atomic E-state index is 0.0126. The van der Waals surface area contributed by atoms with E-state index in [-0.39, 0.29) is 5.91 Å². The molecule has 5 heteroatoms. The molecule has 1 aromatic rings. The van der Waals surface area contributed by atoms with Crippen LogP contribution in [0.25, 0.3) is 0 Å². The molecule has 16 heavy (non-hydrogen) atoms. The smallest absolute Gasteiger partial charge is 0.223 e. The number of carbonyl (C=O) groups is 1. The Balaban J connectivity index is 2.69. The molecule has 1 amide bonds. The average molecular weight is 261 g/mol. The zero-order chi connectivity index (χ0) is 12.1. The molecule has 3 nitrogen and oxygen atoms in total. The Bertz CT molecular complexity index is 362. The molecule has 0 radical (unpaired) electrons. The summed E-state index contributed by atoms with van der Waals surface area (Å²) in [7, 11) is 1.73. The summed E-state index contributed by atoms with van der Waals surface area (Å²) in [6.07, 6.45) is 0.352. The summed E-state index contributed by atoms with van der Waals surface area (Å²) in [6.45, 7) is 0.846. The highest BCUT2D eigenvalue weighted by molar-refractivity contribution is 6.34. The van der Waals surface area contributed by atoms with Crippen molar-refractivity contribution in [3.8, 4) is 0 Å². The molecule has 0 heterocycles. The van der Waals surface area contributed by atoms with E-state index in [1.807, 2.05) is 0 Å². The van der Waals surface area contributed by atoms with Gasteiger partial charge in [-0.15, -0.1) is 0 Å². The molecule has 0 atom stereocenters. The predicted molar refractivity (Wildman–Crippen MR) is 66.6 cm³/mol. The van der Waals surface area contributed by atoms with E-state index in [4.69, 9.17) is 28.9 Å². The van der Waals surface area contributed by atoms with Gasteiger partial charge in [-0.05, 0) is 23.8 Å². The summed E-state index contributed by atoms with van der Waals surface area (Å²) in [5.41, 5.74) is 6.23. The second-order valence-corrected chi connectivity index (χ2v) is 4.44. The van der Waals surface area contributed by atoms with Crippen LogP contribution < -0.4 is 5.73 Å². The van der Waals surface area contributed by atoms with E-state index >= 15 is 0 Å². The van der Waals surface area contributed by atoms with Gasteiger partial charge in [0.1, 0.15) is 0 Å². The van der Waals surface area contributed by atoms with Gasteiger partial charge in [-0.25, -0.2) is 0 Å². The van der Waals surface area contributed by atoms with Crippen molar-refractivity contribution in [2.24, 2.45) is 5.73 Å². The van der Waals surface area contributed by atoms with Gasteiger partial charge < -0.3 is 10.6 Å². The summed E-state index contributed by atoms with van der Waals surface area (Å²) >= 11 is 11.7. The maximum atomic E-state index is 11.5. The highest BCUT2D eigenvalue weighted by atomic mass is 35.5. The molecule has 1 aromatic carbocycles. The Labute approximate surface area is 105 Å². The van der Waals surface area contributed by atoms with Gasteiger partial charge in [0, 0.05) is 36.6 Å². The number of carbonyl (C=O) groups excluding carboxylic acids is 1. The predicted octanol–water partition coefficient (Wildman–Crippen LogP) is 2.30. The van der Waals surface area contributed by atoms with Crippen LogP contribution in [0.1, 0.15) is 12.0 Å². The zero-order valence-corrected chi connectivity index (χ0v) is 10.6. The molecule has 1 rings (SSSR count). The Kier molecular flexibility index (Phi) is 5.06. The fraction of sp³-hybridized carbons (Fsp3) is 0.364. The fourth-order valence-electron chi connectivity index (χ4n) is 1.38. The molecule has 0 aliphatic heterocycles. The fourth-order valence-corrected chi connectivity index (χ4v) is 1.95. The first-order valence-electron chi connectivity index (χ1n) is 4.92.